The molecule has 5 rings (SSSR count). The highest BCUT2D eigenvalue weighted by Gasteiger charge is 2.46. The zero-order valence-electron chi connectivity index (χ0n) is 17.3. The molecule has 2 atom stereocenters. The summed E-state index contributed by atoms with van der Waals surface area (Å²) in [7, 11) is 0. The van der Waals surface area contributed by atoms with Crippen LogP contribution >= 0.6 is 0 Å². The summed E-state index contributed by atoms with van der Waals surface area (Å²) in [5.41, 5.74) is 1.09. The molecule has 0 radical (unpaired) electrons. The van der Waals surface area contributed by atoms with Crippen molar-refractivity contribution in [1.82, 2.24) is 20.0 Å². The summed E-state index contributed by atoms with van der Waals surface area (Å²) in [6.07, 6.45) is 4.73. The number of nitrogens with zero attached hydrogens (tertiary/aromatic N) is 3. The molecule has 1 saturated carbocycles. The number of carbonyl (C=O) groups is 1. The van der Waals surface area contributed by atoms with Gasteiger partial charge >= 0.3 is 6.03 Å². The smallest absolute Gasteiger partial charge is 0.322 e. The highest BCUT2D eigenvalue weighted by molar-refractivity contribution is 5.78. The number of ether oxygens (including phenoxy) is 2. The Labute approximate surface area is 172 Å². The van der Waals surface area contributed by atoms with E-state index in [1.807, 2.05) is 12.1 Å². The summed E-state index contributed by atoms with van der Waals surface area (Å²) in [6, 6.07) is 6.65. The molecule has 1 N–H and O–H groups in total. The predicted molar refractivity (Wildman–Crippen MR) is 110 cm³/mol. The molecule has 1 aliphatic carbocycles. The maximum Gasteiger partial charge on any atom is 0.322 e. The SMILES string of the molecule is CC(N1CCNCC1)N1CC(c2cccc3c2OCCO3)N(C2CCCC2)C1=O. The van der Waals surface area contributed by atoms with Crippen molar-refractivity contribution >= 4 is 6.03 Å². The van der Waals surface area contributed by atoms with Crippen molar-refractivity contribution in [1.29, 1.82) is 0 Å². The molecule has 0 aromatic heterocycles. The number of piperazine rings is 1. The van der Waals surface area contributed by atoms with Crippen molar-refractivity contribution in [2.24, 2.45) is 0 Å². The van der Waals surface area contributed by atoms with Crippen LogP contribution in [0.15, 0.2) is 18.2 Å². The lowest BCUT2D eigenvalue weighted by molar-refractivity contribution is 0.0760. The Bertz CT molecular complexity index is 746. The monoisotopic (exact) mass is 400 g/mol. The second-order valence-electron chi connectivity index (χ2n) is 8.59. The van der Waals surface area contributed by atoms with Gasteiger partial charge in [0.15, 0.2) is 11.5 Å². The Kier molecular flexibility index (Phi) is 5.26. The van der Waals surface area contributed by atoms with Gasteiger partial charge in [-0.3, -0.25) is 4.90 Å². The molecule has 2 saturated heterocycles. The van der Waals surface area contributed by atoms with E-state index in [0.717, 1.165) is 56.1 Å². The Hall–Kier alpha value is -1.99. The van der Waals surface area contributed by atoms with Crippen LogP contribution in [-0.4, -0.2) is 78.9 Å². The number of rotatable bonds is 4. The van der Waals surface area contributed by atoms with Crippen molar-refractivity contribution < 1.29 is 14.3 Å². The van der Waals surface area contributed by atoms with Crippen molar-refractivity contribution in [3.63, 3.8) is 0 Å². The summed E-state index contributed by atoms with van der Waals surface area (Å²) in [4.78, 5) is 20.3. The predicted octanol–water partition coefficient (Wildman–Crippen LogP) is 2.43. The summed E-state index contributed by atoms with van der Waals surface area (Å²) >= 11 is 0. The van der Waals surface area contributed by atoms with Crippen LogP contribution in [0, 0.1) is 0 Å². The lowest BCUT2D eigenvalue weighted by Gasteiger charge is -2.37. The highest BCUT2D eigenvalue weighted by Crippen LogP contribution is 2.44. The van der Waals surface area contributed by atoms with Gasteiger partial charge in [-0.05, 0) is 25.8 Å². The van der Waals surface area contributed by atoms with Crippen LogP contribution < -0.4 is 14.8 Å². The number of fused-ring (bicyclic) bond motifs is 1. The Morgan fingerprint density at radius 2 is 1.86 bits per heavy atom. The third-order valence-electron chi connectivity index (χ3n) is 6.98. The van der Waals surface area contributed by atoms with Gasteiger partial charge in [-0.25, -0.2) is 4.79 Å². The number of para-hydroxylation sites is 1. The van der Waals surface area contributed by atoms with Crippen LogP contribution in [0.5, 0.6) is 11.5 Å². The molecule has 3 heterocycles. The second-order valence-corrected chi connectivity index (χ2v) is 8.59. The molecule has 29 heavy (non-hydrogen) atoms. The molecule has 0 spiro atoms. The van der Waals surface area contributed by atoms with Gasteiger partial charge in [-0.15, -0.1) is 0 Å². The number of hydrogen-bond donors (Lipinski definition) is 1. The van der Waals surface area contributed by atoms with Crippen LogP contribution in [0.25, 0.3) is 0 Å². The van der Waals surface area contributed by atoms with E-state index in [2.05, 4.69) is 33.0 Å². The zero-order valence-corrected chi connectivity index (χ0v) is 17.3. The van der Waals surface area contributed by atoms with Crippen LogP contribution in [-0.2, 0) is 0 Å². The van der Waals surface area contributed by atoms with Crippen molar-refractivity contribution in [3.8, 4) is 11.5 Å². The lowest BCUT2D eigenvalue weighted by atomic mass is 10.0. The first-order valence-electron chi connectivity index (χ1n) is 11.2. The third-order valence-corrected chi connectivity index (χ3v) is 6.98. The van der Waals surface area contributed by atoms with E-state index in [9.17, 15) is 4.79 Å². The molecule has 1 aromatic carbocycles. The summed E-state index contributed by atoms with van der Waals surface area (Å²) in [5.74, 6) is 1.64. The van der Waals surface area contributed by atoms with Gasteiger partial charge in [0.2, 0.25) is 0 Å². The topological polar surface area (TPSA) is 57.3 Å². The van der Waals surface area contributed by atoms with Gasteiger partial charge in [0.25, 0.3) is 0 Å². The van der Waals surface area contributed by atoms with Crippen LogP contribution in [0.1, 0.15) is 44.2 Å². The second kappa shape index (κ2) is 8.03. The van der Waals surface area contributed by atoms with E-state index in [4.69, 9.17) is 9.47 Å². The fourth-order valence-electron chi connectivity index (χ4n) is 5.40. The van der Waals surface area contributed by atoms with Crippen molar-refractivity contribution in [2.75, 3.05) is 45.9 Å². The summed E-state index contributed by atoms with van der Waals surface area (Å²) in [6.45, 7) is 7.97. The molecule has 7 nitrogen and oxygen atoms in total. The molecule has 4 aliphatic rings. The molecular formula is C22H32N4O3. The lowest BCUT2D eigenvalue weighted by Crippen LogP contribution is -2.54. The number of benzene rings is 1. The maximum absolute atomic E-state index is 13.7. The average Bonchev–Trinajstić information content (AvgIpc) is 3.41. The molecule has 1 aromatic rings. The standard InChI is InChI=1S/C22H32N4O3/c1-16(24-11-9-23-10-12-24)25-15-19(26(22(25)27)17-5-2-3-6-17)18-7-4-8-20-21(18)29-14-13-28-20/h4,7-8,16-17,19,23H,2-3,5-6,9-15H2,1H3. The van der Waals surface area contributed by atoms with Gasteiger partial charge in [0.05, 0.1) is 12.2 Å². The molecule has 2 unspecified atom stereocenters. The fourth-order valence-corrected chi connectivity index (χ4v) is 5.40. The number of nitrogens with one attached hydrogen (secondary N) is 1. The summed E-state index contributed by atoms with van der Waals surface area (Å²) in [5, 5.41) is 3.41. The molecule has 158 valence electrons. The van der Waals surface area contributed by atoms with Crippen molar-refractivity contribution in [2.45, 2.75) is 50.9 Å². The quantitative estimate of drug-likeness (QED) is 0.841. The fraction of sp³-hybridized carbons (Fsp3) is 0.682. The van der Waals surface area contributed by atoms with Gasteiger partial charge in [-0.2, -0.15) is 0 Å². The van der Waals surface area contributed by atoms with E-state index in [1.165, 1.54) is 12.8 Å². The molecule has 3 aliphatic heterocycles. The van der Waals surface area contributed by atoms with Gasteiger partial charge in [0.1, 0.15) is 13.2 Å². The zero-order chi connectivity index (χ0) is 19.8. The van der Waals surface area contributed by atoms with Gasteiger partial charge in [0, 0.05) is 44.3 Å². The molecule has 0 bridgehead atoms. The number of amides is 2. The molecule has 7 heteroatoms. The minimum absolute atomic E-state index is 0.0209. The normalized spacial score (nSPS) is 26.9. The largest absolute Gasteiger partial charge is 0.486 e. The molecule has 3 fully saturated rings. The van der Waals surface area contributed by atoms with Crippen molar-refractivity contribution in [3.05, 3.63) is 23.8 Å². The Morgan fingerprint density at radius 1 is 1.10 bits per heavy atom. The highest BCUT2D eigenvalue weighted by atomic mass is 16.6. The number of urea groups is 1. The maximum atomic E-state index is 13.7. The Morgan fingerprint density at radius 3 is 2.66 bits per heavy atom. The van der Waals surface area contributed by atoms with Crippen LogP contribution in [0.2, 0.25) is 0 Å². The number of carbonyl (C=O) groups excluding carboxylic acids is 1. The minimum atomic E-state index is 0.0209. The first kappa shape index (κ1) is 19.0. The van der Waals surface area contributed by atoms with E-state index >= 15 is 0 Å². The van der Waals surface area contributed by atoms with E-state index in [-0.39, 0.29) is 18.2 Å². The molecule has 2 amide bonds. The van der Waals surface area contributed by atoms with Gasteiger partial charge in [-0.1, -0.05) is 25.0 Å². The third kappa shape index (κ3) is 3.44. The van der Waals surface area contributed by atoms with E-state index in [1.54, 1.807) is 0 Å². The number of hydrogen-bond acceptors (Lipinski definition) is 5. The molecular weight excluding hydrogens is 368 g/mol. The van der Waals surface area contributed by atoms with E-state index < -0.39 is 0 Å². The van der Waals surface area contributed by atoms with Gasteiger partial charge < -0.3 is 24.6 Å². The first-order valence-corrected chi connectivity index (χ1v) is 11.2. The average molecular weight is 401 g/mol. The van der Waals surface area contributed by atoms with E-state index in [0.29, 0.717) is 25.8 Å². The minimum Gasteiger partial charge on any atom is -0.486 e. The summed E-state index contributed by atoms with van der Waals surface area (Å²) < 4.78 is 11.8. The Balaban J connectivity index is 1.47. The van der Waals surface area contributed by atoms with Crippen LogP contribution in [0.4, 0.5) is 4.79 Å². The first-order chi connectivity index (χ1) is 14.2. The van der Waals surface area contributed by atoms with Crippen LogP contribution in [0.3, 0.4) is 0 Å².